The molecule has 0 amide bonds. The summed E-state index contributed by atoms with van der Waals surface area (Å²) >= 11 is 1.66. The molecule has 1 N–H and O–H groups in total. The highest BCUT2D eigenvalue weighted by molar-refractivity contribution is 7.08. The summed E-state index contributed by atoms with van der Waals surface area (Å²) in [5.41, 5.74) is 2.27. The number of rotatable bonds is 5. The van der Waals surface area contributed by atoms with Gasteiger partial charge in [-0.3, -0.25) is 0 Å². The molecule has 1 atom stereocenters. The number of likely N-dealkylation sites (N-methyl/N-ethyl adjacent to an activating group) is 1. The van der Waals surface area contributed by atoms with Gasteiger partial charge >= 0.3 is 0 Å². The first-order valence-corrected chi connectivity index (χ1v) is 6.71. The zero-order valence-electron chi connectivity index (χ0n) is 10.4. The zero-order valence-corrected chi connectivity index (χ0v) is 11.2. The molecule has 2 heterocycles. The van der Waals surface area contributed by atoms with Gasteiger partial charge in [-0.05, 0) is 31.3 Å². The third kappa shape index (κ3) is 2.73. The van der Waals surface area contributed by atoms with Crippen LogP contribution in [0.4, 0.5) is 0 Å². The summed E-state index contributed by atoms with van der Waals surface area (Å²) in [5.74, 6) is 1.40. The van der Waals surface area contributed by atoms with Crippen molar-refractivity contribution in [2.45, 2.75) is 32.7 Å². The van der Waals surface area contributed by atoms with Gasteiger partial charge in [-0.25, -0.2) is 0 Å². The number of nitrogens with one attached hydrogen (secondary N) is 1. The van der Waals surface area contributed by atoms with Crippen molar-refractivity contribution in [3.63, 3.8) is 0 Å². The highest BCUT2D eigenvalue weighted by Gasteiger charge is 2.14. The van der Waals surface area contributed by atoms with E-state index in [0.717, 1.165) is 18.4 Å². The van der Waals surface area contributed by atoms with E-state index in [4.69, 9.17) is 4.52 Å². The lowest BCUT2D eigenvalue weighted by Crippen LogP contribution is -2.26. The Morgan fingerprint density at radius 1 is 1.47 bits per heavy atom. The molecule has 0 radical (unpaired) electrons. The van der Waals surface area contributed by atoms with Gasteiger partial charge in [0, 0.05) is 23.4 Å². The average Bonchev–Trinajstić information content (AvgIpc) is 2.94. The van der Waals surface area contributed by atoms with Gasteiger partial charge in [0.25, 0.3) is 0 Å². The molecule has 4 nitrogen and oxygen atoms in total. The minimum atomic E-state index is 0.395. The van der Waals surface area contributed by atoms with Crippen LogP contribution in [0.15, 0.2) is 15.3 Å². The molecule has 0 fully saturated rings. The molecule has 0 aliphatic carbocycles. The predicted molar refractivity (Wildman–Crippen MR) is 69.2 cm³/mol. The van der Waals surface area contributed by atoms with Gasteiger partial charge in [-0.2, -0.15) is 16.3 Å². The maximum atomic E-state index is 5.28. The average molecular weight is 251 g/mol. The Hall–Kier alpha value is -1.20. The fourth-order valence-electron chi connectivity index (χ4n) is 1.70. The van der Waals surface area contributed by atoms with Gasteiger partial charge in [0.05, 0.1) is 0 Å². The largest absolute Gasteiger partial charge is 0.339 e. The zero-order chi connectivity index (χ0) is 12.3. The maximum absolute atomic E-state index is 5.28. The summed E-state index contributed by atoms with van der Waals surface area (Å²) < 4.78 is 5.28. The van der Waals surface area contributed by atoms with Crippen molar-refractivity contribution in [2.75, 3.05) is 7.05 Å². The van der Waals surface area contributed by atoms with Crippen molar-refractivity contribution < 1.29 is 4.52 Å². The van der Waals surface area contributed by atoms with Gasteiger partial charge in [-0.15, -0.1) is 0 Å². The molecule has 0 saturated carbocycles. The quantitative estimate of drug-likeness (QED) is 0.887. The summed E-state index contributed by atoms with van der Waals surface area (Å²) in [4.78, 5) is 4.44. The Bertz CT molecular complexity index is 474. The van der Waals surface area contributed by atoms with E-state index < -0.39 is 0 Å². The van der Waals surface area contributed by atoms with Crippen LogP contribution in [0.5, 0.6) is 0 Å². The van der Waals surface area contributed by atoms with E-state index in [1.165, 1.54) is 5.56 Å². The Morgan fingerprint density at radius 2 is 2.29 bits per heavy atom. The van der Waals surface area contributed by atoms with E-state index in [-0.39, 0.29) is 0 Å². The van der Waals surface area contributed by atoms with Crippen LogP contribution in [0.1, 0.15) is 24.8 Å². The molecular weight excluding hydrogens is 234 g/mol. The minimum Gasteiger partial charge on any atom is -0.339 e. The summed E-state index contributed by atoms with van der Waals surface area (Å²) in [6.07, 6.45) is 1.83. The lowest BCUT2D eigenvalue weighted by atomic mass is 10.1. The summed E-state index contributed by atoms with van der Waals surface area (Å²) in [6, 6.07) is 0.395. The molecule has 92 valence electrons. The maximum Gasteiger partial charge on any atom is 0.228 e. The first kappa shape index (κ1) is 12.3. The molecule has 0 aliphatic heterocycles. The highest BCUT2D eigenvalue weighted by Crippen LogP contribution is 2.24. The van der Waals surface area contributed by atoms with Crippen molar-refractivity contribution in [1.82, 2.24) is 15.5 Å². The van der Waals surface area contributed by atoms with E-state index in [1.807, 2.05) is 7.05 Å². The Labute approximate surface area is 105 Å². The Kier molecular flexibility index (Phi) is 3.91. The Morgan fingerprint density at radius 3 is 2.88 bits per heavy atom. The fourth-order valence-corrected chi connectivity index (χ4v) is 2.52. The van der Waals surface area contributed by atoms with Crippen LogP contribution in [0, 0.1) is 6.92 Å². The number of thiophene rings is 1. The van der Waals surface area contributed by atoms with Gasteiger partial charge in [-0.1, -0.05) is 12.1 Å². The summed E-state index contributed by atoms with van der Waals surface area (Å²) in [5, 5.41) is 11.4. The summed E-state index contributed by atoms with van der Waals surface area (Å²) in [6.45, 7) is 4.20. The molecule has 2 aromatic rings. The van der Waals surface area contributed by atoms with Crippen LogP contribution in [0.3, 0.4) is 0 Å². The van der Waals surface area contributed by atoms with Crippen LogP contribution in [0.25, 0.3) is 11.4 Å². The second kappa shape index (κ2) is 5.42. The smallest absolute Gasteiger partial charge is 0.228 e. The monoisotopic (exact) mass is 251 g/mol. The summed E-state index contributed by atoms with van der Waals surface area (Å²) in [7, 11) is 1.95. The van der Waals surface area contributed by atoms with Gasteiger partial charge in [0.1, 0.15) is 0 Å². The van der Waals surface area contributed by atoms with E-state index in [2.05, 4.69) is 40.1 Å². The van der Waals surface area contributed by atoms with Crippen LogP contribution in [-0.2, 0) is 6.42 Å². The van der Waals surface area contributed by atoms with Crippen molar-refractivity contribution in [1.29, 1.82) is 0 Å². The third-order valence-corrected chi connectivity index (χ3v) is 3.75. The van der Waals surface area contributed by atoms with Crippen molar-refractivity contribution in [3.05, 3.63) is 22.2 Å². The number of aryl methyl sites for hydroxylation is 1. The number of aromatic nitrogens is 2. The van der Waals surface area contributed by atoms with Crippen molar-refractivity contribution in [3.8, 4) is 11.4 Å². The molecule has 2 rings (SSSR count). The third-order valence-electron chi connectivity index (χ3n) is 2.89. The molecule has 17 heavy (non-hydrogen) atoms. The van der Waals surface area contributed by atoms with Gasteiger partial charge < -0.3 is 9.84 Å². The van der Waals surface area contributed by atoms with Crippen LogP contribution in [0.2, 0.25) is 0 Å². The molecule has 0 spiro atoms. The standard InChI is InChI=1S/C12H17N3OS/c1-4-9(13-3)5-11-14-12(15-16-11)10-7-17-6-8(10)2/h6-7,9,13H,4-5H2,1-3H3. The second-order valence-electron chi connectivity index (χ2n) is 4.08. The molecular formula is C12H17N3OS. The van der Waals surface area contributed by atoms with Crippen molar-refractivity contribution >= 4 is 11.3 Å². The lowest BCUT2D eigenvalue weighted by Gasteiger charge is -2.09. The lowest BCUT2D eigenvalue weighted by molar-refractivity contribution is 0.359. The van der Waals surface area contributed by atoms with E-state index in [1.54, 1.807) is 11.3 Å². The molecule has 1 unspecified atom stereocenters. The molecule has 0 bridgehead atoms. The Balaban J connectivity index is 2.14. The van der Waals surface area contributed by atoms with Crippen LogP contribution in [-0.4, -0.2) is 23.2 Å². The number of nitrogens with zero attached hydrogens (tertiary/aromatic N) is 2. The van der Waals surface area contributed by atoms with Crippen molar-refractivity contribution in [2.24, 2.45) is 0 Å². The van der Waals surface area contributed by atoms with Crippen LogP contribution < -0.4 is 5.32 Å². The second-order valence-corrected chi connectivity index (χ2v) is 4.82. The molecule has 0 saturated heterocycles. The topological polar surface area (TPSA) is 51.0 Å². The normalized spacial score (nSPS) is 12.9. The molecule has 0 aromatic carbocycles. The van der Waals surface area contributed by atoms with E-state index >= 15 is 0 Å². The van der Waals surface area contributed by atoms with Gasteiger partial charge in [0.15, 0.2) is 0 Å². The minimum absolute atomic E-state index is 0.395. The first-order valence-electron chi connectivity index (χ1n) is 5.77. The van der Waals surface area contributed by atoms with Gasteiger partial charge in [0.2, 0.25) is 11.7 Å². The highest BCUT2D eigenvalue weighted by atomic mass is 32.1. The first-order chi connectivity index (χ1) is 8.24. The predicted octanol–water partition coefficient (Wildman–Crippen LogP) is 2.65. The number of hydrogen-bond donors (Lipinski definition) is 1. The van der Waals surface area contributed by atoms with E-state index in [0.29, 0.717) is 17.8 Å². The van der Waals surface area contributed by atoms with Crippen LogP contribution >= 0.6 is 11.3 Å². The molecule has 5 heteroatoms. The fraction of sp³-hybridized carbons (Fsp3) is 0.500. The number of hydrogen-bond acceptors (Lipinski definition) is 5. The van der Waals surface area contributed by atoms with E-state index in [9.17, 15) is 0 Å². The molecule has 2 aromatic heterocycles. The SMILES string of the molecule is CCC(Cc1nc(-c2cscc2C)no1)NC. The molecule has 0 aliphatic rings.